The van der Waals surface area contributed by atoms with Crippen LogP contribution in [0.15, 0.2) is 0 Å². The predicted molar refractivity (Wildman–Crippen MR) is 134 cm³/mol. The summed E-state index contributed by atoms with van der Waals surface area (Å²) in [6, 6.07) is 0. The maximum Gasteiger partial charge on any atom is 0.335 e. The first-order chi connectivity index (χ1) is 19.7. The summed E-state index contributed by atoms with van der Waals surface area (Å²) in [6.45, 7) is 0.967. The number of Topliss-reactive ketones (excluding diaryl/α,β-unsaturated/α-hetero) is 2. The molecule has 0 aromatic rings. The van der Waals surface area contributed by atoms with Crippen LogP contribution in [0.5, 0.6) is 0 Å². The van der Waals surface area contributed by atoms with Gasteiger partial charge in [0.1, 0.15) is 11.6 Å². The molecule has 2 aliphatic heterocycles. The highest BCUT2D eigenvalue weighted by Crippen LogP contribution is 2.13. The number of hydroxylamine groups is 4. The Kier molecular flexibility index (Phi) is 15.4. The first kappa shape index (κ1) is 33.6. The van der Waals surface area contributed by atoms with Gasteiger partial charge < -0.3 is 23.9 Å². The van der Waals surface area contributed by atoms with E-state index in [0.717, 1.165) is 0 Å². The third-order valence-corrected chi connectivity index (χ3v) is 5.84. The van der Waals surface area contributed by atoms with Crippen LogP contribution in [-0.4, -0.2) is 96.9 Å². The van der Waals surface area contributed by atoms with Crippen molar-refractivity contribution in [3.8, 4) is 0 Å². The zero-order valence-electron chi connectivity index (χ0n) is 22.9. The Hall–Kier alpha value is -3.56. The molecule has 0 atom stereocenters. The fourth-order valence-corrected chi connectivity index (χ4v) is 3.59. The van der Waals surface area contributed by atoms with Crippen molar-refractivity contribution in [3.05, 3.63) is 0 Å². The molecule has 2 aliphatic rings. The SMILES string of the molecule is O=C(CCCOCCC(=O)ON1C(=O)CCC1=O)CCOCCC(=O)CCCOCCC(=O)ON1C(=O)CCC1=O. The molecule has 0 aromatic heterocycles. The van der Waals surface area contributed by atoms with Gasteiger partial charge in [-0.1, -0.05) is 0 Å². The van der Waals surface area contributed by atoms with E-state index >= 15 is 0 Å². The molecular weight excluding hydrogens is 548 g/mol. The van der Waals surface area contributed by atoms with Gasteiger partial charge in [-0.25, -0.2) is 9.59 Å². The number of ether oxygens (including phenoxy) is 3. The molecule has 41 heavy (non-hydrogen) atoms. The lowest BCUT2D eigenvalue weighted by molar-refractivity contribution is -0.198. The van der Waals surface area contributed by atoms with Crippen molar-refractivity contribution >= 4 is 47.1 Å². The maximum absolute atomic E-state index is 11.9. The predicted octanol–water partition coefficient (Wildman–Crippen LogP) is 0.510. The Balaban J connectivity index is 1.34. The second-order valence-corrected chi connectivity index (χ2v) is 9.21. The molecular formula is C26H36N2O13. The van der Waals surface area contributed by atoms with Crippen LogP contribution in [0, 0.1) is 0 Å². The van der Waals surface area contributed by atoms with Crippen molar-refractivity contribution in [2.45, 2.75) is 77.0 Å². The van der Waals surface area contributed by atoms with Crippen molar-refractivity contribution in [2.75, 3.05) is 39.6 Å². The molecule has 0 saturated carbocycles. The first-order valence-electron chi connectivity index (χ1n) is 13.6. The Morgan fingerprint density at radius 1 is 0.463 bits per heavy atom. The molecule has 2 saturated heterocycles. The summed E-state index contributed by atoms with van der Waals surface area (Å²) in [6.07, 6.45) is 1.70. The number of imide groups is 2. The topological polar surface area (TPSA) is 189 Å². The molecule has 15 heteroatoms. The van der Waals surface area contributed by atoms with E-state index in [1.807, 2.05) is 0 Å². The van der Waals surface area contributed by atoms with Crippen LogP contribution < -0.4 is 0 Å². The Morgan fingerprint density at radius 3 is 1.15 bits per heavy atom. The van der Waals surface area contributed by atoms with E-state index in [9.17, 15) is 38.4 Å². The van der Waals surface area contributed by atoms with E-state index in [4.69, 9.17) is 23.9 Å². The molecule has 0 unspecified atom stereocenters. The molecule has 228 valence electrons. The van der Waals surface area contributed by atoms with Gasteiger partial charge in [0.15, 0.2) is 0 Å². The second-order valence-electron chi connectivity index (χ2n) is 9.21. The van der Waals surface area contributed by atoms with Crippen molar-refractivity contribution in [3.63, 3.8) is 0 Å². The summed E-state index contributed by atoms with van der Waals surface area (Å²) >= 11 is 0. The zero-order chi connectivity index (χ0) is 30.0. The van der Waals surface area contributed by atoms with Crippen molar-refractivity contribution in [1.29, 1.82) is 0 Å². The lowest BCUT2D eigenvalue weighted by Gasteiger charge is -2.12. The minimum Gasteiger partial charge on any atom is -0.381 e. The van der Waals surface area contributed by atoms with E-state index in [0.29, 0.717) is 23.0 Å². The molecule has 4 amide bonds. The summed E-state index contributed by atoms with van der Waals surface area (Å²) in [5, 5.41) is 0.961. The lowest BCUT2D eigenvalue weighted by Crippen LogP contribution is -2.32. The summed E-state index contributed by atoms with van der Waals surface area (Å²) < 4.78 is 15.9. The van der Waals surface area contributed by atoms with E-state index < -0.39 is 35.6 Å². The molecule has 15 nitrogen and oxygen atoms in total. The molecule has 2 rings (SSSR count). The fourth-order valence-electron chi connectivity index (χ4n) is 3.59. The van der Waals surface area contributed by atoms with Crippen molar-refractivity contribution in [1.82, 2.24) is 10.1 Å². The smallest absolute Gasteiger partial charge is 0.335 e. The highest BCUT2D eigenvalue weighted by molar-refractivity contribution is 6.02. The van der Waals surface area contributed by atoms with Crippen molar-refractivity contribution in [2.24, 2.45) is 0 Å². The summed E-state index contributed by atoms with van der Waals surface area (Å²) in [5.41, 5.74) is 0. The van der Waals surface area contributed by atoms with Gasteiger partial charge in [0.25, 0.3) is 23.6 Å². The normalized spacial score (nSPS) is 15.1. The molecule has 0 N–H and O–H groups in total. The van der Waals surface area contributed by atoms with Crippen molar-refractivity contribution < 1.29 is 62.2 Å². The number of hydrogen-bond donors (Lipinski definition) is 0. The minimum atomic E-state index is -0.749. The average Bonchev–Trinajstić information content (AvgIpc) is 3.42. The number of amides is 4. The monoisotopic (exact) mass is 584 g/mol. The number of ketones is 2. The van der Waals surface area contributed by atoms with Crippen LogP contribution in [0.4, 0.5) is 0 Å². The summed E-state index contributed by atoms with van der Waals surface area (Å²) in [5.74, 6) is -3.73. The molecule has 2 fully saturated rings. The molecule has 2 heterocycles. The van der Waals surface area contributed by atoms with Crippen LogP contribution in [0.25, 0.3) is 0 Å². The lowest BCUT2D eigenvalue weighted by atomic mass is 10.2. The quantitative estimate of drug-likeness (QED) is 0.126. The third kappa shape index (κ3) is 13.6. The Morgan fingerprint density at radius 2 is 0.780 bits per heavy atom. The number of rotatable bonds is 22. The van der Waals surface area contributed by atoms with Gasteiger partial charge in [-0.3, -0.25) is 28.8 Å². The van der Waals surface area contributed by atoms with E-state index in [2.05, 4.69) is 0 Å². The van der Waals surface area contributed by atoms with Gasteiger partial charge in [-0.05, 0) is 12.8 Å². The molecule has 0 radical (unpaired) electrons. The number of hydrogen-bond acceptors (Lipinski definition) is 13. The maximum atomic E-state index is 11.9. The van der Waals surface area contributed by atoms with Gasteiger partial charge in [0.2, 0.25) is 0 Å². The molecule has 0 spiro atoms. The second kappa shape index (κ2) is 18.7. The molecule has 0 bridgehead atoms. The summed E-state index contributed by atoms with van der Waals surface area (Å²) in [7, 11) is 0. The van der Waals surface area contributed by atoms with Gasteiger partial charge >= 0.3 is 11.9 Å². The van der Waals surface area contributed by atoms with Gasteiger partial charge in [-0.15, -0.1) is 10.1 Å². The summed E-state index contributed by atoms with van der Waals surface area (Å²) in [4.78, 5) is 102. The van der Waals surface area contributed by atoms with E-state index in [1.165, 1.54) is 0 Å². The third-order valence-electron chi connectivity index (χ3n) is 5.84. The van der Waals surface area contributed by atoms with E-state index in [1.54, 1.807) is 0 Å². The van der Waals surface area contributed by atoms with Crippen LogP contribution >= 0.6 is 0 Å². The van der Waals surface area contributed by atoms with Crippen LogP contribution in [0.2, 0.25) is 0 Å². The molecule has 0 aliphatic carbocycles. The Bertz CT molecular complexity index is 872. The van der Waals surface area contributed by atoms with Gasteiger partial charge in [0.05, 0.1) is 39.3 Å². The number of carbonyl (C=O) groups excluding carboxylic acids is 8. The first-order valence-corrected chi connectivity index (χ1v) is 13.6. The Labute approximate surface area is 236 Å². The largest absolute Gasteiger partial charge is 0.381 e. The highest BCUT2D eigenvalue weighted by Gasteiger charge is 2.33. The van der Waals surface area contributed by atoms with Gasteiger partial charge in [-0.2, -0.15) is 0 Å². The zero-order valence-corrected chi connectivity index (χ0v) is 22.9. The number of nitrogens with zero attached hydrogens (tertiary/aromatic N) is 2. The average molecular weight is 585 g/mol. The van der Waals surface area contributed by atoms with Gasteiger partial charge in [0, 0.05) is 64.6 Å². The highest BCUT2D eigenvalue weighted by atomic mass is 16.7. The number of carbonyl (C=O) groups is 8. The van der Waals surface area contributed by atoms with Crippen LogP contribution in [-0.2, 0) is 62.2 Å². The van der Waals surface area contributed by atoms with Crippen LogP contribution in [0.3, 0.4) is 0 Å². The van der Waals surface area contributed by atoms with Crippen LogP contribution in [0.1, 0.15) is 77.0 Å². The standard InChI is InChI=1S/C26H36N2O13/c29-19(3-1-13-37-17-11-25(35)40-27-21(31)5-6-22(27)32)9-15-39-16-10-20(30)4-2-14-38-18-12-26(36)41-28-23(33)7-8-24(28)34/h1-18H2. The molecule has 0 aromatic carbocycles. The fraction of sp³-hybridized carbons (Fsp3) is 0.692. The van der Waals surface area contributed by atoms with E-state index in [-0.39, 0.29) is 115 Å². The minimum absolute atomic E-state index is 0.0231.